The Morgan fingerprint density at radius 1 is 0.385 bits per heavy atom. The van der Waals surface area contributed by atoms with Gasteiger partial charge in [0, 0.05) is 128 Å². The molecular formula is C92H150N18O32S. The summed E-state index contributed by atoms with van der Waals surface area (Å²) in [6.07, 6.45) is 2.45. The van der Waals surface area contributed by atoms with E-state index >= 15 is 0 Å². The summed E-state index contributed by atoms with van der Waals surface area (Å²) in [7, 11) is 0.543. The van der Waals surface area contributed by atoms with Crippen LogP contribution in [-0.4, -0.2) is 427 Å². The highest BCUT2D eigenvalue weighted by molar-refractivity contribution is 7.89. The molecule has 1 aromatic carbocycles. The van der Waals surface area contributed by atoms with Crippen LogP contribution in [0.5, 0.6) is 17.6 Å². The molecule has 0 aliphatic carbocycles. The van der Waals surface area contributed by atoms with Gasteiger partial charge in [0.2, 0.25) is 51.4 Å². The highest BCUT2D eigenvalue weighted by Gasteiger charge is 2.48. The van der Waals surface area contributed by atoms with Gasteiger partial charge in [-0.3, -0.25) is 14.4 Å². The summed E-state index contributed by atoms with van der Waals surface area (Å²) in [4.78, 5) is 105. The molecule has 0 unspecified atom stereocenters. The van der Waals surface area contributed by atoms with Crippen molar-refractivity contribution in [1.82, 2.24) is 71.8 Å². The first-order chi connectivity index (χ1) is 69.4. The molecule has 50 nitrogen and oxygen atoms in total. The Morgan fingerprint density at radius 3 is 1.01 bits per heavy atom. The number of anilines is 4. The molecule has 4 aromatic rings. The van der Waals surface area contributed by atoms with E-state index in [1.54, 1.807) is 18.2 Å². The smallest absolute Gasteiger partial charge is 0.314 e. The van der Waals surface area contributed by atoms with Crippen LogP contribution in [0.25, 0.3) is 0 Å². The third-order valence-electron chi connectivity index (χ3n) is 22.9. The Morgan fingerprint density at radius 2 is 0.685 bits per heavy atom. The zero-order valence-corrected chi connectivity index (χ0v) is 83.4. The summed E-state index contributed by atoms with van der Waals surface area (Å²) in [5.74, 6) is -0.118. The quantitative estimate of drug-likeness (QED) is 0.0201. The predicted octanol–water partition coefficient (Wildman–Crippen LogP) is -0.217. The van der Waals surface area contributed by atoms with E-state index in [0.29, 0.717) is 57.8 Å². The predicted molar refractivity (Wildman–Crippen MR) is 515 cm³/mol. The number of methoxy groups -OCH3 is 3. The summed E-state index contributed by atoms with van der Waals surface area (Å²) in [5.41, 5.74) is -0.721. The minimum atomic E-state index is -3.95. The lowest BCUT2D eigenvalue weighted by atomic mass is 9.83. The highest BCUT2D eigenvalue weighted by atomic mass is 32.2. The normalized spacial score (nSPS) is 21.8. The van der Waals surface area contributed by atoms with Crippen molar-refractivity contribution in [3.05, 3.63) is 73.2 Å². The van der Waals surface area contributed by atoms with E-state index in [9.17, 15) is 67.8 Å². The van der Waals surface area contributed by atoms with Crippen LogP contribution in [0.4, 0.5) is 37.9 Å². The fraction of sp³-hybridized carbons (Fsp3) is 0.717. The molecule has 3 fully saturated rings. The number of carbonyl (C=O) groups excluding carboxylic acids is 6. The zero-order chi connectivity index (χ0) is 103. The van der Waals surface area contributed by atoms with Crippen molar-refractivity contribution in [2.75, 3.05) is 247 Å². The van der Waals surface area contributed by atoms with E-state index in [-0.39, 0.29) is 263 Å². The maximum atomic E-state index is 14.2. The summed E-state index contributed by atoms with van der Waals surface area (Å²) in [6, 6.07) is 6.54. The van der Waals surface area contributed by atoms with Crippen molar-refractivity contribution in [3.63, 3.8) is 0 Å². The molecule has 3 aromatic heterocycles. The molecule has 3 saturated heterocycles. The number of urea groups is 3. The van der Waals surface area contributed by atoms with Gasteiger partial charge in [0.15, 0.2) is 0 Å². The number of carbonyl (C=O) groups is 6. The van der Waals surface area contributed by atoms with Crippen LogP contribution in [0.15, 0.2) is 78.1 Å². The van der Waals surface area contributed by atoms with Crippen LogP contribution < -0.4 is 77.0 Å². The van der Waals surface area contributed by atoms with Gasteiger partial charge >= 0.3 is 18.1 Å². The maximum Gasteiger partial charge on any atom is 0.314 e. The van der Waals surface area contributed by atoms with E-state index in [0.717, 1.165) is 36.3 Å². The van der Waals surface area contributed by atoms with E-state index in [4.69, 9.17) is 85.3 Å². The van der Waals surface area contributed by atoms with Crippen LogP contribution in [0.2, 0.25) is 0 Å². The monoisotopic (exact) mass is 2050 g/mol. The second-order valence-corrected chi connectivity index (χ2v) is 35.5. The van der Waals surface area contributed by atoms with Gasteiger partial charge in [-0.2, -0.15) is 15.0 Å². The van der Waals surface area contributed by atoms with E-state index in [1.807, 2.05) is 20.8 Å². The first kappa shape index (κ1) is 119. The van der Waals surface area contributed by atoms with Gasteiger partial charge in [0.25, 0.3) is 11.8 Å². The molecule has 143 heavy (non-hydrogen) atoms. The zero-order valence-electron chi connectivity index (χ0n) is 82.5. The van der Waals surface area contributed by atoms with Crippen molar-refractivity contribution in [1.29, 1.82) is 0 Å². The molecule has 0 saturated carbocycles. The van der Waals surface area contributed by atoms with Crippen LogP contribution in [0, 0.1) is 0 Å². The number of nitrogens with one attached hydrogen (secondary N) is 11. The van der Waals surface area contributed by atoms with E-state index < -0.39 is 137 Å². The molecule has 9 amide bonds. The van der Waals surface area contributed by atoms with Crippen LogP contribution >= 0.6 is 0 Å². The molecule has 0 radical (unpaired) electrons. The third-order valence-corrected chi connectivity index (χ3v) is 24.4. The second kappa shape index (κ2) is 68.0. The van der Waals surface area contributed by atoms with E-state index in [2.05, 4.69) is 87.8 Å². The number of sulfonamides is 1. The summed E-state index contributed by atoms with van der Waals surface area (Å²) in [6.45, 7) is 10.7. The maximum absolute atomic E-state index is 14.2. The summed E-state index contributed by atoms with van der Waals surface area (Å²) < 4.78 is 131. The van der Waals surface area contributed by atoms with Crippen molar-refractivity contribution in [3.8, 4) is 17.6 Å². The number of imide groups is 1. The minimum Gasteiger partial charge on any atom is -0.475 e. The Hall–Kier alpha value is -9.51. The van der Waals surface area contributed by atoms with Crippen molar-refractivity contribution in [2.45, 2.75) is 206 Å². The lowest BCUT2D eigenvalue weighted by Gasteiger charge is -2.43. The number of aliphatic hydroxyl groups excluding tert-OH is 6. The molecule has 8 rings (SSSR count). The lowest BCUT2D eigenvalue weighted by Crippen LogP contribution is -2.61. The van der Waals surface area contributed by atoms with Crippen molar-refractivity contribution in [2.24, 2.45) is 0 Å². The summed E-state index contributed by atoms with van der Waals surface area (Å²) in [5, 5.41) is 95.0. The molecular weight excluding hydrogens is 1900 g/mol. The third kappa shape index (κ3) is 43.6. The molecule has 15 atom stereocenters. The van der Waals surface area contributed by atoms with Gasteiger partial charge in [0.1, 0.15) is 74.8 Å². The van der Waals surface area contributed by atoms with E-state index in [1.165, 1.54) is 64.2 Å². The lowest BCUT2D eigenvalue weighted by molar-refractivity contribution is -0.189. The van der Waals surface area contributed by atoms with Crippen molar-refractivity contribution >= 4 is 69.4 Å². The van der Waals surface area contributed by atoms with Crippen LogP contribution in [-0.2, 0) is 95.5 Å². The topological polar surface area (TPSA) is 637 Å². The van der Waals surface area contributed by atoms with Crippen molar-refractivity contribution < 1.29 is 153 Å². The van der Waals surface area contributed by atoms with Crippen LogP contribution in [0.3, 0.4) is 0 Å². The molecule has 4 aliphatic heterocycles. The number of amides is 9. The fourth-order valence-electron chi connectivity index (χ4n) is 15.8. The van der Waals surface area contributed by atoms with Gasteiger partial charge in [-0.15, -0.1) is 0 Å². The number of hydrogen-bond donors (Lipinski definition) is 17. The average Bonchev–Trinajstić information content (AvgIpc) is 1.59. The number of rotatable bonds is 76. The molecule has 806 valence electrons. The minimum absolute atomic E-state index is 0.00722. The first-order valence-corrected chi connectivity index (χ1v) is 50.3. The Balaban J connectivity index is 0.779. The first-order valence-electron chi connectivity index (χ1n) is 48.8. The Labute approximate surface area is 834 Å². The molecule has 0 spiro atoms. The van der Waals surface area contributed by atoms with Gasteiger partial charge in [-0.05, 0) is 82.1 Å². The molecule has 51 heteroatoms. The average molecular weight is 2050 g/mol. The van der Waals surface area contributed by atoms with Gasteiger partial charge in [0.05, 0.1) is 186 Å². The molecule has 17 N–H and O–H groups in total. The number of ether oxygens (including phenoxy) is 18. The number of aromatic nitrogens is 6. The number of aliphatic hydroxyl groups is 6. The molecule has 4 aliphatic rings. The summed E-state index contributed by atoms with van der Waals surface area (Å²) >= 11 is 0. The largest absolute Gasteiger partial charge is 0.475 e. The molecule has 0 bridgehead atoms. The SMILES string of the molecule is CCC[C@H]1O[C@H](COC)[C@H](O)[C@H](O)[C@H]1Nc1nccc(OCCOCCOCCNC(=O)NCCCC(CCCNC(=O)NCCOCCOCCOc2ccnc(N[C@@H]3[C@@H](O)[C@@H](O)[C@@H](COC)O[C@@H]3CCC)n2)(CCCNC(=O)NCCOCCOCCOc2ccnc(N[C@@H]3[C@@H](O)[C@@H](O)[C@@H](COC)O[C@@H]3CCC)n2)NC(=O)CCOCCOCCOCCNS(=O)(=O)c2ccc(N3C(=O)C=CC3=O)cc2)n1. The number of hydrogen-bond acceptors (Lipinski definition) is 41. The number of nitrogens with zero attached hydrogens (tertiary/aromatic N) is 7. The van der Waals surface area contributed by atoms with Gasteiger partial charge < -0.3 is 169 Å². The van der Waals surface area contributed by atoms with Gasteiger partial charge in [-0.1, -0.05) is 40.0 Å². The second-order valence-electron chi connectivity index (χ2n) is 33.7. The standard InChI is InChI=1S/C92H150N18O32S/c1-7-13-65-77(83(117)80(114)68(140-65)60-125-4)106-86-93-32-22-72(103-86)137-57-54-134-51-45-129-40-35-99-89(120)96-29-10-26-92(109-71(111)25-39-128-44-49-133-50-48-132-43-38-102-143(123,124)64-18-16-63(17-19-64)110-75(112)20-21-76(110)113,27-11-30-97-90(121)100-36-41-130-46-52-135-55-58-138-73-23-33-94-87(104-73)107-78-66(14-8-2)141-69(61-126-5)81(115)84(78)118)28-12-31-98-91(122)101-37-42-131-47-53-136-56-59-139-74-24-34-95-88(105-74)108-79-67(15-9-3)142-70(62-127-6)82(116)85(79)119/h16-24,32-34,65-70,77-85,102,114-119H,7-15,25-31,35-62H2,1-6H3,(H,109,111)(H,93,103,106)(H,94,104,107)(H,95,105,108)(H2,96,99,120)(H2,97,100,121)(H2,98,101,122)/t65-,66-,67-,68-,69-,70-,77+,78+,79+,80+,81+,82+,83-,84-,85-/m1/s1. The van der Waals surface area contributed by atoms with Crippen LogP contribution in [0.1, 0.15) is 104 Å². The number of benzene rings is 1. The highest BCUT2D eigenvalue weighted by Crippen LogP contribution is 2.32. The van der Waals surface area contributed by atoms with Gasteiger partial charge in [-0.25, -0.2) is 47.4 Å². The Bertz CT molecular complexity index is 4090. The fourth-order valence-corrected chi connectivity index (χ4v) is 16.9. The Kier molecular flexibility index (Phi) is 56.5. The molecule has 7 heterocycles.